The van der Waals surface area contributed by atoms with Crippen LogP contribution in [0.25, 0.3) is 0 Å². The molecule has 2 amide bonds. The Bertz CT molecular complexity index is 279. The highest BCUT2D eigenvalue weighted by Gasteiger charge is 2.24. The van der Waals surface area contributed by atoms with Gasteiger partial charge < -0.3 is 25.7 Å². The predicted octanol–water partition coefficient (Wildman–Crippen LogP) is -0.537. The number of hydrogen-bond donors (Lipinski definition) is 4. The van der Waals surface area contributed by atoms with E-state index in [-0.39, 0.29) is 6.54 Å². The van der Waals surface area contributed by atoms with Gasteiger partial charge in [-0.2, -0.15) is 0 Å². The van der Waals surface area contributed by atoms with Crippen molar-refractivity contribution >= 4 is 12.0 Å². The maximum absolute atomic E-state index is 11.3. The first-order valence-corrected chi connectivity index (χ1v) is 5.83. The lowest BCUT2D eigenvalue weighted by atomic mass is 10.0. The van der Waals surface area contributed by atoms with Gasteiger partial charge in [0, 0.05) is 13.1 Å². The van der Waals surface area contributed by atoms with Crippen LogP contribution in [-0.4, -0.2) is 66.4 Å². The summed E-state index contributed by atoms with van der Waals surface area (Å²) in [5.74, 6) is -1.10. The van der Waals surface area contributed by atoms with Crippen LogP contribution in [0.1, 0.15) is 19.8 Å². The van der Waals surface area contributed by atoms with Gasteiger partial charge in [-0.15, -0.1) is 0 Å². The Balaban J connectivity index is 3.73. The molecule has 4 N–H and O–H groups in total. The lowest BCUT2D eigenvalue weighted by Gasteiger charge is -2.21. The smallest absolute Gasteiger partial charge is 0.314 e. The lowest BCUT2D eigenvalue weighted by molar-refractivity contribution is -0.141. The Labute approximate surface area is 107 Å². The van der Waals surface area contributed by atoms with Gasteiger partial charge in [-0.25, -0.2) is 4.79 Å². The van der Waals surface area contributed by atoms with Gasteiger partial charge in [0.2, 0.25) is 0 Å². The van der Waals surface area contributed by atoms with Gasteiger partial charge in [0.05, 0.1) is 12.0 Å². The zero-order valence-corrected chi connectivity index (χ0v) is 11.2. The number of carbonyl (C=O) groups excluding carboxylic acids is 1. The van der Waals surface area contributed by atoms with Crippen molar-refractivity contribution in [2.75, 3.05) is 33.7 Å². The van der Waals surface area contributed by atoms with E-state index in [2.05, 4.69) is 10.6 Å². The Morgan fingerprint density at radius 1 is 1.28 bits per heavy atom. The Morgan fingerprint density at radius 3 is 2.39 bits per heavy atom. The van der Waals surface area contributed by atoms with Crippen molar-refractivity contribution in [3.8, 4) is 0 Å². The standard InChI is InChI=1S/C11H23N3O4/c1-11(18,7-9(15)16)8-13-10(17)12-5-4-6-14(2)3/h18H,4-8H2,1-3H3,(H,15,16)(H2,12,13,17). The molecule has 0 fully saturated rings. The van der Waals surface area contributed by atoms with Crippen LogP contribution in [0.3, 0.4) is 0 Å². The van der Waals surface area contributed by atoms with Crippen LogP contribution < -0.4 is 10.6 Å². The van der Waals surface area contributed by atoms with Crippen molar-refractivity contribution < 1.29 is 19.8 Å². The Kier molecular flexibility index (Phi) is 7.30. The molecule has 0 spiro atoms. The van der Waals surface area contributed by atoms with Crippen LogP contribution in [0.4, 0.5) is 4.79 Å². The molecule has 0 aliphatic carbocycles. The first kappa shape index (κ1) is 16.7. The molecule has 0 aromatic heterocycles. The van der Waals surface area contributed by atoms with E-state index in [0.29, 0.717) is 6.54 Å². The monoisotopic (exact) mass is 261 g/mol. The average molecular weight is 261 g/mol. The van der Waals surface area contributed by atoms with Crippen LogP contribution in [0, 0.1) is 0 Å². The van der Waals surface area contributed by atoms with E-state index in [0.717, 1.165) is 13.0 Å². The highest BCUT2D eigenvalue weighted by Crippen LogP contribution is 2.06. The molecule has 0 heterocycles. The molecule has 0 radical (unpaired) electrons. The second kappa shape index (κ2) is 7.88. The molecule has 106 valence electrons. The van der Waals surface area contributed by atoms with Gasteiger partial charge in [-0.05, 0) is 34.0 Å². The fraction of sp³-hybridized carbons (Fsp3) is 0.818. The van der Waals surface area contributed by atoms with Gasteiger partial charge in [-0.3, -0.25) is 4.79 Å². The first-order chi connectivity index (χ1) is 8.23. The number of aliphatic hydroxyl groups is 1. The second-order valence-corrected chi connectivity index (χ2v) is 4.83. The normalized spacial score (nSPS) is 14.1. The number of hydrogen-bond acceptors (Lipinski definition) is 4. The number of nitrogens with one attached hydrogen (secondary N) is 2. The summed E-state index contributed by atoms with van der Waals surface area (Å²) in [5, 5.41) is 23.3. The molecule has 18 heavy (non-hydrogen) atoms. The first-order valence-electron chi connectivity index (χ1n) is 5.83. The van der Waals surface area contributed by atoms with E-state index in [9.17, 15) is 14.7 Å². The van der Waals surface area contributed by atoms with Gasteiger partial charge in [0.1, 0.15) is 0 Å². The topological polar surface area (TPSA) is 102 Å². The summed E-state index contributed by atoms with van der Waals surface area (Å²) in [4.78, 5) is 23.8. The summed E-state index contributed by atoms with van der Waals surface area (Å²) in [6.45, 7) is 2.67. The van der Waals surface area contributed by atoms with E-state index in [1.54, 1.807) is 0 Å². The quantitative estimate of drug-likeness (QED) is 0.440. The van der Waals surface area contributed by atoms with E-state index in [1.807, 2.05) is 19.0 Å². The fourth-order valence-corrected chi connectivity index (χ4v) is 1.32. The van der Waals surface area contributed by atoms with Crippen molar-refractivity contribution in [3.05, 3.63) is 0 Å². The van der Waals surface area contributed by atoms with Gasteiger partial charge in [0.25, 0.3) is 0 Å². The molecule has 0 saturated heterocycles. The number of amides is 2. The van der Waals surface area contributed by atoms with Crippen molar-refractivity contribution in [1.82, 2.24) is 15.5 Å². The molecule has 0 aromatic rings. The van der Waals surface area contributed by atoms with Crippen molar-refractivity contribution in [3.63, 3.8) is 0 Å². The number of urea groups is 1. The minimum absolute atomic E-state index is 0.0984. The predicted molar refractivity (Wildman–Crippen MR) is 67.4 cm³/mol. The molecule has 1 atom stereocenters. The largest absolute Gasteiger partial charge is 0.481 e. The SMILES string of the molecule is CN(C)CCCNC(=O)NCC(C)(O)CC(=O)O. The molecular formula is C11H23N3O4. The van der Waals surface area contributed by atoms with Gasteiger partial charge in [-0.1, -0.05) is 0 Å². The van der Waals surface area contributed by atoms with Crippen molar-refractivity contribution in [2.45, 2.75) is 25.4 Å². The molecular weight excluding hydrogens is 238 g/mol. The molecule has 0 aromatic carbocycles. The van der Waals surface area contributed by atoms with Crippen molar-refractivity contribution in [1.29, 1.82) is 0 Å². The maximum atomic E-state index is 11.3. The summed E-state index contributed by atoms with van der Waals surface area (Å²) in [5.41, 5.74) is -1.44. The summed E-state index contributed by atoms with van der Waals surface area (Å²) >= 11 is 0. The zero-order valence-electron chi connectivity index (χ0n) is 11.2. The summed E-state index contributed by atoms with van der Waals surface area (Å²) in [6.07, 6.45) is 0.417. The number of carboxylic acid groups (broad SMARTS) is 1. The minimum atomic E-state index is -1.44. The van der Waals surface area contributed by atoms with Crippen LogP contribution in [0.5, 0.6) is 0 Å². The van der Waals surface area contributed by atoms with E-state index in [4.69, 9.17) is 5.11 Å². The molecule has 0 bridgehead atoms. The lowest BCUT2D eigenvalue weighted by Crippen LogP contribution is -2.46. The number of carboxylic acids is 1. The van der Waals surface area contributed by atoms with Gasteiger partial charge in [0.15, 0.2) is 0 Å². The van der Waals surface area contributed by atoms with Crippen LogP contribution in [-0.2, 0) is 4.79 Å². The molecule has 0 aliphatic rings. The van der Waals surface area contributed by atoms with Crippen LogP contribution >= 0.6 is 0 Å². The number of nitrogens with zero attached hydrogens (tertiary/aromatic N) is 1. The highest BCUT2D eigenvalue weighted by molar-refractivity contribution is 5.74. The van der Waals surface area contributed by atoms with Crippen LogP contribution in [0.2, 0.25) is 0 Å². The minimum Gasteiger partial charge on any atom is -0.481 e. The maximum Gasteiger partial charge on any atom is 0.314 e. The number of aliphatic carboxylic acids is 1. The molecule has 1 unspecified atom stereocenters. The molecule has 0 aliphatic heterocycles. The number of carbonyl (C=O) groups is 2. The van der Waals surface area contributed by atoms with E-state index >= 15 is 0 Å². The van der Waals surface area contributed by atoms with Gasteiger partial charge >= 0.3 is 12.0 Å². The number of rotatable bonds is 8. The van der Waals surface area contributed by atoms with Crippen LogP contribution in [0.15, 0.2) is 0 Å². The summed E-state index contributed by atoms with van der Waals surface area (Å²) in [6, 6.07) is -0.403. The summed E-state index contributed by atoms with van der Waals surface area (Å²) < 4.78 is 0. The third kappa shape index (κ3) is 9.86. The third-order valence-electron chi connectivity index (χ3n) is 2.23. The molecule has 0 rings (SSSR count). The molecule has 7 heteroatoms. The molecule has 7 nitrogen and oxygen atoms in total. The summed E-state index contributed by atoms with van der Waals surface area (Å²) in [7, 11) is 3.90. The van der Waals surface area contributed by atoms with Crippen molar-refractivity contribution in [2.24, 2.45) is 0 Å². The molecule has 0 saturated carbocycles. The second-order valence-electron chi connectivity index (χ2n) is 4.83. The fourth-order valence-electron chi connectivity index (χ4n) is 1.32. The third-order valence-corrected chi connectivity index (χ3v) is 2.23. The Morgan fingerprint density at radius 2 is 1.89 bits per heavy atom. The Hall–Kier alpha value is -1.34. The van der Waals surface area contributed by atoms with E-state index < -0.39 is 24.0 Å². The average Bonchev–Trinajstić information content (AvgIpc) is 2.19. The highest BCUT2D eigenvalue weighted by atomic mass is 16.4. The zero-order chi connectivity index (χ0) is 14.2. The van der Waals surface area contributed by atoms with E-state index in [1.165, 1.54) is 6.92 Å².